The van der Waals surface area contributed by atoms with Crippen molar-refractivity contribution in [2.75, 3.05) is 7.05 Å². The molecular weight excluding hydrogens is 254 g/mol. The molecule has 0 bridgehead atoms. The summed E-state index contributed by atoms with van der Waals surface area (Å²) in [6.45, 7) is 2.47. The second-order valence-corrected chi connectivity index (χ2v) is 5.97. The second-order valence-electron chi connectivity index (χ2n) is 4.47. The van der Waals surface area contributed by atoms with Gasteiger partial charge in [-0.15, -0.1) is 11.3 Å². The van der Waals surface area contributed by atoms with Crippen LogP contribution in [-0.4, -0.2) is 27.8 Å². The van der Waals surface area contributed by atoms with Crippen LogP contribution in [0.4, 0.5) is 0 Å². The summed E-state index contributed by atoms with van der Waals surface area (Å²) in [6, 6.07) is 0. The summed E-state index contributed by atoms with van der Waals surface area (Å²) in [5, 5.41) is 2.98. The molecule has 1 aromatic rings. The summed E-state index contributed by atoms with van der Waals surface area (Å²) < 4.78 is 0. The summed E-state index contributed by atoms with van der Waals surface area (Å²) in [6.07, 6.45) is 1.56. The Kier molecular flexibility index (Phi) is 3.18. The lowest BCUT2D eigenvalue weighted by Gasteiger charge is -2.21. The summed E-state index contributed by atoms with van der Waals surface area (Å²) in [5.74, 6) is 0.0238. The third-order valence-electron chi connectivity index (χ3n) is 3.04. The molecule has 0 radical (unpaired) electrons. The number of thiocarbonyl (C=S) groups is 1. The van der Waals surface area contributed by atoms with E-state index in [1.54, 1.807) is 23.3 Å². The van der Waals surface area contributed by atoms with E-state index in [4.69, 9.17) is 18.0 Å². The molecule has 0 saturated heterocycles. The smallest absolute Gasteiger partial charge is 0.235 e. The first kappa shape index (κ1) is 12.4. The monoisotopic (exact) mass is 269 g/mol. The minimum Gasteiger partial charge on any atom is -0.392 e. The topological polar surface area (TPSA) is 59.2 Å². The van der Waals surface area contributed by atoms with Gasteiger partial charge >= 0.3 is 0 Å². The first-order valence-electron chi connectivity index (χ1n) is 5.42. The van der Waals surface area contributed by atoms with Crippen molar-refractivity contribution in [1.82, 2.24) is 9.88 Å². The zero-order valence-electron chi connectivity index (χ0n) is 9.90. The lowest BCUT2D eigenvalue weighted by atomic mass is 10.1. The molecule has 1 heterocycles. The molecule has 92 valence electrons. The Hall–Kier alpha value is -1.01. The second kappa shape index (κ2) is 4.34. The average molecular weight is 269 g/mol. The van der Waals surface area contributed by atoms with E-state index in [0.29, 0.717) is 11.5 Å². The van der Waals surface area contributed by atoms with Crippen LogP contribution in [0, 0.1) is 12.3 Å². The molecule has 2 rings (SSSR count). The van der Waals surface area contributed by atoms with Gasteiger partial charge < -0.3 is 10.6 Å². The molecule has 1 aromatic heterocycles. The van der Waals surface area contributed by atoms with Crippen LogP contribution in [0.2, 0.25) is 0 Å². The molecule has 4 nitrogen and oxygen atoms in total. The Bertz CT molecular complexity index is 465. The number of rotatable bonds is 4. The van der Waals surface area contributed by atoms with Crippen LogP contribution in [0.1, 0.15) is 23.5 Å². The van der Waals surface area contributed by atoms with Crippen molar-refractivity contribution in [3.8, 4) is 0 Å². The highest BCUT2D eigenvalue weighted by atomic mass is 32.1. The third-order valence-corrected chi connectivity index (χ3v) is 4.26. The number of amides is 1. The molecular formula is C11H15N3OS2. The van der Waals surface area contributed by atoms with E-state index < -0.39 is 5.41 Å². The Morgan fingerprint density at radius 2 is 2.35 bits per heavy atom. The standard InChI is InChI=1S/C11H15N3OS2/c1-7-13-8(6-17-7)5-14(2)10(15)11(3-4-11)9(12)16/h6H,3-5H2,1-2H3,(H2,12,16). The number of carbonyl (C=O) groups is 1. The number of carbonyl (C=O) groups excluding carboxylic acids is 1. The highest BCUT2D eigenvalue weighted by Gasteiger charge is 2.53. The fourth-order valence-corrected chi connectivity index (χ4v) is 2.75. The van der Waals surface area contributed by atoms with Gasteiger partial charge in [-0.25, -0.2) is 4.98 Å². The maximum absolute atomic E-state index is 12.2. The van der Waals surface area contributed by atoms with Crippen LogP contribution >= 0.6 is 23.6 Å². The third kappa shape index (κ3) is 2.32. The highest BCUT2D eigenvalue weighted by Crippen LogP contribution is 2.47. The van der Waals surface area contributed by atoms with Gasteiger partial charge in [-0.1, -0.05) is 12.2 Å². The molecule has 0 spiro atoms. The first-order valence-corrected chi connectivity index (χ1v) is 6.71. The summed E-state index contributed by atoms with van der Waals surface area (Å²) in [4.78, 5) is 18.5. The number of hydrogen-bond donors (Lipinski definition) is 1. The molecule has 1 saturated carbocycles. The van der Waals surface area contributed by atoms with E-state index in [1.807, 2.05) is 12.3 Å². The van der Waals surface area contributed by atoms with Gasteiger partial charge in [-0.3, -0.25) is 4.79 Å². The minimum atomic E-state index is -0.560. The van der Waals surface area contributed by atoms with Gasteiger partial charge in [0.25, 0.3) is 0 Å². The fraction of sp³-hybridized carbons (Fsp3) is 0.545. The lowest BCUT2D eigenvalue weighted by Crippen LogP contribution is -2.40. The van der Waals surface area contributed by atoms with Crippen LogP contribution in [-0.2, 0) is 11.3 Å². The number of thiazole rings is 1. The number of hydrogen-bond acceptors (Lipinski definition) is 4. The summed E-state index contributed by atoms with van der Waals surface area (Å²) in [7, 11) is 1.77. The van der Waals surface area contributed by atoms with Crippen molar-refractivity contribution in [2.24, 2.45) is 11.1 Å². The van der Waals surface area contributed by atoms with E-state index in [-0.39, 0.29) is 5.91 Å². The van der Waals surface area contributed by atoms with Crippen molar-refractivity contribution in [1.29, 1.82) is 0 Å². The first-order chi connectivity index (χ1) is 7.95. The van der Waals surface area contributed by atoms with Crippen LogP contribution < -0.4 is 5.73 Å². The van der Waals surface area contributed by atoms with Gasteiger partial charge in [0, 0.05) is 12.4 Å². The molecule has 0 unspecified atom stereocenters. The maximum atomic E-state index is 12.2. The van der Waals surface area contributed by atoms with Crippen molar-refractivity contribution in [3.05, 3.63) is 16.1 Å². The fourth-order valence-electron chi connectivity index (χ4n) is 1.85. The SMILES string of the molecule is Cc1nc(CN(C)C(=O)C2(C(N)=S)CC2)cs1. The zero-order valence-corrected chi connectivity index (χ0v) is 11.5. The van der Waals surface area contributed by atoms with Gasteiger partial charge in [0.1, 0.15) is 0 Å². The molecule has 1 fully saturated rings. The largest absolute Gasteiger partial charge is 0.392 e. The molecule has 1 aliphatic carbocycles. The van der Waals surface area contributed by atoms with E-state index in [0.717, 1.165) is 23.5 Å². The molecule has 1 aliphatic rings. The van der Waals surface area contributed by atoms with Gasteiger partial charge in [-0.2, -0.15) is 0 Å². The van der Waals surface area contributed by atoms with Crippen LogP contribution in [0.15, 0.2) is 5.38 Å². The van der Waals surface area contributed by atoms with E-state index >= 15 is 0 Å². The molecule has 0 atom stereocenters. The molecule has 17 heavy (non-hydrogen) atoms. The molecule has 1 amide bonds. The van der Waals surface area contributed by atoms with Crippen LogP contribution in [0.3, 0.4) is 0 Å². The van der Waals surface area contributed by atoms with E-state index in [9.17, 15) is 4.79 Å². The van der Waals surface area contributed by atoms with Crippen molar-refractivity contribution in [3.63, 3.8) is 0 Å². The lowest BCUT2D eigenvalue weighted by molar-refractivity contribution is -0.133. The van der Waals surface area contributed by atoms with Gasteiger partial charge in [-0.05, 0) is 19.8 Å². The number of aromatic nitrogens is 1. The van der Waals surface area contributed by atoms with E-state index in [2.05, 4.69) is 4.98 Å². The van der Waals surface area contributed by atoms with Crippen molar-refractivity contribution < 1.29 is 4.79 Å². The van der Waals surface area contributed by atoms with Gasteiger partial charge in [0.15, 0.2) is 0 Å². The maximum Gasteiger partial charge on any atom is 0.235 e. The number of aryl methyl sites for hydroxylation is 1. The molecule has 0 aliphatic heterocycles. The van der Waals surface area contributed by atoms with Crippen molar-refractivity contribution in [2.45, 2.75) is 26.3 Å². The van der Waals surface area contributed by atoms with E-state index in [1.165, 1.54) is 0 Å². The number of nitrogens with two attached hydrogens (primary N) is 1. The van der Waals surface area contributed by atoms with Crippen LogP contribution in [0.5, 0.6) is 0 Å². The highest BCUT2D eigenvalue weighted by molar-refractivity contribution is 7.80. The van der Waals surface area contributed by atoms with Gasteiger partial charge in [0.2, 0.25) is 5.91 Å². The molecule has 2 N–H and O–H groups in total. The normalized spacial score (nSPS) is 16.6. The minimum absolute atomic E-state index is 0.0238. The Balaban J connectivity index is 2.03. The van der Waals surface area contributed by atoms with Gasteiger partial charge in [0.05, 0.1) is 27.6 Å². The summed E-state index contributed by atoms with van der Waals surface area (Å²) in [5.41, 5.74) is 6.00. The average Bonchev–Trinajstić information content (AvgIpc) is 2.98. The Morgan fingerprint density at radius 1 is 1.71 bits per heavy atom. The Morgan fingerprint density at radius 3 is 2.76 bits per heavy atom. The Labute approximate surface area is 110 Å². The zero-order chi connectivity index (χ0) is 12.6. The molecule has 0 aromatic carbocycles. The molecule has 6 heteroatoms. The van der Waals surface area contributed by atoms with Crippen molar-refractivity contribution >= 4 is 34.5 Å². The quantitative estimate of drug-likeness (QED) is 0.841. The predicted molar refractivity (Wildman–Crippen MR) is 71.8 cm³/mol. The summed E-state index contributed by atoms with van der Waals surface area (Å²) >= 11 is 6.56. The van der Waals surface area contributed by atoms with Crippen LogP contribution in [0.25, 0.3) is 0 Å². The number of nitrogens with zero attached hydrogens (tertiary/aromatic N) is 2. The predicted octanol–water partition coefficient (Wildman–Crippen LogP) is 1.48.